The van der Waals surface area contributed by atoms with Crippen molar-refractivity contribution in [3.63, 3.8) is 0 Å². The predicted octanol–water partition coefficient (Wildman–Crippen LogP) is 3.58. The molecule has 1 aromatic carbocycles. The number of thioether (sulfide) groups is 1. The Labute approximate surface area is 185 Å². The van der Waals surface area contributed by atoms with Crippen molar-refractivity contribution in [3.8, 4) is 11.3 Å². The van der Waals surface area contributed by atoms with Crippen LogP contribution >= 0.6 is 46.3 Å². The van der Waals surface area contributed by atoms with Crippen LogP contribution in [0.15, 0.2) is 24.3 Å². The first-order valence-electron chi connectivity index (χ1n) is 8.41. The normalized spacial score (nSPS) is 12.1. The lowest BCUT2D eigenvalue weighted by atomic mass is 10.1. The summed E-state index contributed by atoms with van der Waals surface area (Å²) in [5, 5.41) is 4.20. The molecule has 29 heavy (non-hydrogen) atoms. The van der Waals surface area contributed by atoms with E-state index in [-0.39, 0.29) is 5.95 Å². The average molecular weight is 470 g/mol. The monoisotopic (exact) mass is 469 g/mol. The molecule has 1 atom stereocenters. The second-order valence-corrected chi connectivity index (χ2v) is 8.95. The van der Waals surface area contributed by atoms with E-state index in [0.29, 0.717) is 48.6 Å². The van der Waals surface area contributed by atoms with E-state index in [4.69, 9.17) is 34.7 Å². The molecule has 0 aliphatic heterocycles. The van der Waals surface area contributed by atoms with Crippen molar-refractivity contribution in [1.82, 2.24) is 15.3 Å². The first kappa shape index (κ1) is 21.6. The number of carbonyl (C=O) groups excluding carboxylic acids is 2. The van der Waals surface area contributed by atoms with Crippen LogP contribution in [0.25, 0.3) is 21.5 Å². The molecule has 0 bridgehead atoms. The van der Waals surface area contributed by atoms with E-state index in [1.807, 2.05) is 6.26 Å². The number of carbonyl (C=O) groups is 2. The van der Waals surface area contributed by atoms with Gasteiger partial charge in [-0.25, -0.2) is 9.97 Å². The third kappa shape index (κ3) is 4.92. The molecule has 0 aliphatic carbocycles. The van der Waals surface area contributed by atoms with Gasteiger partial charge in [-0.2, -0.15) is 11.8 Å². The lowest BCUT2D eigenvalue weighted by Crippen LogP contribution is -2.44. The van der Waals surface area contributed by atoms with Crippen LogP contribution in [-0.2, 0) is 4.79 Å². The van der Waals surface area contributed by atoms with Crippen LogP contribution in [-0.4, -0.2) is 39.8 Å². The second-order valence-electron chi connectivity index (χ2n) is 6.09. The van der Waals surface area contributed by atoms with Gasteiger partial charge in [-0.3, -0.25) is 9.59 Å². The SMILES string of the molecule is CSCC[C@H](NC(=O)c1cc2c(-c3ccc(Cl)cc3Cl)nc(N)nc2s1)C(N)=O. The molecule has 0 unspecified atom stereocenters. The van der Waals surface area contributed by atoms with Gasteiger partial charge in [-0.15, -0.1) is 11.3 Å². The number of primary amides is 1. The van der Waals surface area contributed by atoms with Crippen LogP contribution in [0.2, 0.25) is 10.0 Å². The van der Waals surface area contributed by atoms with Gasteiger partial charge in [0, 0.05) is 16.0 Å². The minimum Gasteiger partial charge on any atom is -0.368 e. The number of anilines is 1. The summed E-state index contributed by atoms with van der Waals surface area (Å²) in [4.78, 5) is 33.7. The number of benzene rings is 1. The summed E-state index contributed by atoms with van der Waals surface area (Å²) in [6.45, 7) is 0. The van der Waals surface area contributed by atoms with Gasteiger partial charge in [-0.1, -0.05) is 23.2 Å². The Bertz CT molecular complexity index is 1090. The quantitative estimate of drug-likeness (QED) is 0.485. The first-order chi connectivity index (χ1) is 13.8. The fourth-order valence-electron chi connectivity index (χ4n) is 2.69. The summed E-state index contributed by atoms with van der Waals surface area (Å²) in [5.41, 5.74) is 12.4. The third-order valence-electron chi connectivity index (χ3n) is 4.08. The van der Waals surface area contributed by atoms with Crippen molar-refractivity contribution in [2.24, 2.45) is 5.73 Å². The molecule has 5 N–H and O–H groups in total. The number of rotatable bonds is 7. The van der Waals surface area contributed by atoms with Crippen molar-refractivity contribution < 1.29 is 9.59 Å². The molecule has 2 aromatic heterocycles. The standard InChI is InChI=1S/C18H17Cl2N5O2S2/c1-28-5-4-12(15(21)26)23-16(27)13-7-10-14(24-18(22)25-17(10)29-13)9-3-2-8(19)6-11(9)20/h2-3,6-7,12H,4-5H2,1H3,(H2,21,26)(H,23,27)(H2,22,24,25)/t12-/m0/s1. The first-order valence-corrected chi connectivity index (χ1v) is 11.4. The summed E-state index contributed by atoms with van der Waals surface area (Å²) < 4.78 is 0. The minimum atomic E-state index is -0.749. The average Bonchev–Trinajstić information content (AvgIpc) is 3.08. The topological polar surface area (TPSA) is 124 Å². The number of hydrogen-bond acceptors (Lipinski definition) is 7. The number of halogens is 2. The molecule has 2 amide bonds. The van der Waals surface area contributed by atoms with Gasteiger partial charge in [0.15, 0.2) is 0 Å². The van der Waals surface area contributed by atoms with Crippen molar-refractivity contribution in [2.45, 2.75) is 12.5 Å². The Morgan fingerprint density at radius 3 is 2.69 bits per heavy atom. The van der Waals surface area contributed by atoms with Gasteiger partial charge in [0.25, 0.3) is 5.91 Å². The smallest absolute Gasteiger partial charge is 0.262 e. The minimum absolute atomic E-state index is 0.0577. The molecule has 11 heteroatoms. The van der Waals surface area contributed by atoms with Gasteiger partial charge in [-0.05, 0) is 42.7 Å². The van der Waals surface area contributed by atoms with E-state index in [1.54, 1.807) is 36.0 Å². The number of thiophene rings is 1. The highest BCUT2D eigenvalue weighted by molar-refractivity contribution is 7.98. The fraction of sp³-hybridized carbons (Fsp3) is 0.222. The highest BCUT2D eigenvalue weighted by Crippen LogP contribution is 2.36. The van der Waals surface area contributed by atoms with Gasteiger partial charge in [0.05, 0.1) is 15.6 Å². The second kappa shape index (κ2) is 9.17. The van der Waals surface area contributed by atoms with Crippen LogP contribution < -0.4 is 16.8 Å². The maximum absolute atomic E-state index is 12.7. The van der Waals surface area contributed by atoms with Gasteiger partial charge in [0.2, 0.25) is 11.9 Å². The number of nitrogen functional groups attached to an aromatic ring is 1. The summed E-state index contributed by atoms with van der Waals surface area (Å²) in [7, 11) is 0. The van der Waals surface area contributed by atoms with Gasteiger partial charge >= 0.3 is 0 Å². The zero-order valence-corrected chi connectivity index (χ0v) is 18.4. The summed E-state index contributed by atoms with van der Waals surface area (Å²) in [5.74, 6) is -0.236. The maximum Gasteiger partial charge on any atom is 0.262 e. The number of nitrogens with one attached hydrogen (secondary N) is 1. The van der Waals surface area contributed by atoms with Gasteiger partial charge < -0.3 is 16.8 Å². The number of hydrogen-bond donors (Lipinski definition) is 3. The molecule has 3 aromatic rings. The van der Waals surface area contributed by atoms with E-state index in [2.05, 4.69) is 15.3 Å². The van der Waals surface area contributed by atoms with E-state index in [0.717, 1.165) is 11.3 Å². The molecular weight excluding hydrogens is 453 g/mol. The van der Waals surface area contributed by atoms with Crippen LogP contribution in [0.3, 0.4) is 0 Å². The fourth-order valence-corrected chi connectivity index (χ4v) is 4.60. The van der Waals surface area contributed by atoms with E-state index < -0.39 is 17.9 Å². The molecule has 0 fully saturated rings. The van der Waals surface area contributed by atoms with E-state index in [9.17, 15) is 9.59 Å². The molecule has 0 saturated carbocycles. The van der Waals surface area contributed by atoms with E-state index >= 15 is 0 Å². The predicted molar refractivity (Wildman–Crippen MR) is 121 cm³/mol. The summed E-state index contributed by atoms with van der Waals surface area (Å²) in [6, 6.07) is 5.93. The number of nitrogens with zero attached hydrogens (tertiary/aromatic N) is 2. The Morgan fingerprint density at radius 2 is 2.03 bits per heavy atom. The van der Waals surface area contributed by atoms with Gasteiger partial charge in [0.1, 0.15) is 10.9 Å². The third-order valence-corrected chi connectivity index (χ3v) is 6.30. The molecule has 2 heterocycles. The molecule has 0 radical (unpaired) electrons. The highest BCUT2D eigenvalue weighted by atomic mass is 35.5. The van der Waals surface area contributed by atoms with Crippen LogP contribution in [0.1, 0.15) is 16.1 Å². The van der Waals surface area contributed by atoms with Crippen LogP contribution in [0.4, 0.5) is 5.95 Å². The number of aromatic nitrogens is 2. The summed E-state index contributed by atoms with van der Waals surface area (Å²) in [6.07, 6.45) is 2.36. The molecule has 152 valence electrons. The van der Waals surface area contributed by atoms with Crippen molar-refractivity contribution in [1.29, 1.82) is 0 Å². The molecular formula is C18H17Cl2N5O2S2. The highest BCUT2D eigenvalue weighted by Gasteiger charge is 2.22. The van der Waals surface area contributed by atoms with Crippen molar-refractivity contribution in [2.75, 3.05) is 17.7 Å². The molecule has 0 saturated heterocycles. The molecule has 0 aliphatic rings. The molecule has 0 spiro atoms. The zero-order chi connectivity index (χ0) is 21.1. The molecule has 7 nitrogen and oxygen atoms in total. The van der Waals surface area contributed by atoms with Crippen molar-refractivity contribution in [3.05, 3.63) is 39.2 Å². The number of fused-ring (bicyclic) bond motifs is 1. The number of nitrogens with two attached hydrogens (primary N) is 2. The Kier molecular flexibility index (Phi) is 6.84. The summed E-state index contributed by atoms with van der Waals surface area (Å²) >= 11 is 15.0. The Hall–Kier alpha value is -2.07. The van der Waals surface area contributed by atoms with E-state index in [1.165, 1.54) is 0 Å². The maximum atomic E-state index is 12.7. The zero-order valence-electron chi connectivity index (χ0n) is 15.2. The lowest BCUT2D eigenvalue weighted by Gasteiger charge is -2.13. The lowest BCUT2D eigenvalue weighted by molar-refractivity contribution is -0.119. The van der Waals surface area contributed by atoms with Crippen LogP contribution in [0, 0.1) is 0 Å². The molecule has 3 rings (SSSR count). The Morgan fingerprint density at radius 1 is 1.28 bits per heavy atom. The van der Waals surface area contributed by atoms with Crippen LogP contribution in [0.5, 0.6) is 0 Å². The number of amides is 2. The Balaban J connectivity index is 1.99. The largest absolute Gasteiger partial charge is 0.368 e. The van der Waals surface area contributed by atoms with Crippen molar-refractivity contribution >= 4 is 74.3 Å².